The maximum Gasteiger partial charge on any atom is 0.203 e. The second kappa shape index (κ2) is 8.98. The standard InChI is InChI=1S/C23H26N4O3/c1-28-19-13-16(14-20(29-2)22(19)30-3)15-24-18-10-8-17(9-11-18)23-26-25-21-7-5-4-6-12-27(21)23/h8-11,13-15H,4-7,12H2,1-3H3. The Labute approximate surface area is 176 Å². The molecule has 3 aromatic rings. The zero-order chi connectivity index (χ0) is 20.9. The Morgan fingerprint density at radius 2 is 1.63 bits per heavy atom. The van der Waals surface area contributed by atoms with Gasteiger partial charge in [-0.25, -0.2) is 0 Å². The summed E-state index contributed by atoms with van der Waals surface area (Å²) in [6.45, 7) is 0.985. The van der Waals surface area contributed by atoms with Gasteiger partial charge in [0.1, 0.15) is 5.82 Å². The highest BCUT2D eigenvalue weighted by Gasteiger charge is 2.16. The molecule has 0 aliphatic carbocycles. The van der Waals surface area contributed by atoms with Gasteiger partial charge in [-0.3, -0.25) is 4.99 Å². The summed E-state index contributed by atoms with van der Waals surface area (Å²) in [6, 6.07) is 11.8. The van der Waals surface area contributed by atoms with Gasteiger partial charge in [-0.15, -0.1) is 10.2 Å². The first kappa shape index (κ1) is 19.9. The van der Waals surface area contributed by atoms with Gasteiger partial charge < -0.3 is 18.8 Å². The van der Waals surface area contributed by atoms with E-state index < -0.39 is 0 Å². The molecule has 1 aliphatic heterocycles. The number of rotatable bonds is 6. The summed E-state index contributed by atoms with van der Waals surface area (Å²) in [5.74, 6) is 3.79. The lowest BCUT2D eigenvalue weighted by Gasteiger charge is -2.12. The van der Waals surface area contributed by atoms with Gasteiger partial charge >= 0.3 is 0 Å². The summed E-state index contributed by atoms with van der Waals surface area (Å²) in [7, 11) is 4.79. The molecule has 0 saturated heterocycles. The normalized spacial score (nSPS) is 13.7. The number of fused-ring (bicyclic) bond motifs is 1. The third kappa shape index (κ3) is 4.01. The lowest BCUT2D eigenvalue weighted by atomic mass is 10.1. The fraction of sp³-hybridized carbons (Fsp3) is 0.348. The maximum absolute atomic E-state index is 5.40. The molecule has 4 rings (SSSR count). The molecule has 7 heteroatoms. The van der Waals surface area contributed by atoms with Crippen molar-refractivity contribution in [3.63, 3.8) is 0 Å². The first-order valence-corrected chi connectivity index (χ1v) is 10.1. The summed E-state index contributed by atoms with van der Waals surface area (Å²) in [5, 5.41) is 8.81. The number of hydrogen-bond acceptors (Lipinski definition) is 6. The van der Waals surface area contributed by atoms with E-state index in [0.717, 1.165) is 41.4 Å². The van der Waals surface area contributed by atoms with Crippen molar-refractivity contribution in [2.24, 2.45) is 4.99 Å². The number of nitrogens with zero attached hydrogens (tertiary/aromatic N) is 4. The van der Waals surface area contributed by atoms with Gasteiger partial charge in [0.25, 0.3) is 0 Å². The topological polar surface area (TPSA) is 70.8 Å². The van der Waals surface area contributed by atoms with Crippen LogP contribution in [0.1, 0.15) is 30.7 Å². The molecule has 7 nitrogen and oxygen atoms in total. The second-order valence-corrected chi connectivity index (χ2v) is 7.17. The highest BCUT2D eigenvalue weighted by Crippen LogP contribution is 2.38. The molecule has 0 radical (unpaired) electrons. The predicted molar refractivity (Wildman–Crippen MR) is 116 cm³/mol. The SMILES string of the molecule is COc1cc(C=Nc2ccc(-c3nnc4n3CCCCC4)cc2)cc(OC)c1OC. The Bertz CT molecular complexity index is 1020. The van der Waals surface area contributed by atoms with Crippen molar-refractivity contribution in [1.82, 2.24) is 14.8 Å². The molecule has 0 bridgehead atoms. The van der Waals surface area contributed by atoms with E-state index in [1.165, 1.54) is 19.3 Å². The van der Waals surface area contributed by atoms with Crippen molar-refractivity contribution in [3.8, 4) is 28.6 Å². The zero-order valence-electron chi connectivity index (χ0n) is 17.6. The summed E-state index contributed by atoms with van der Waals surface area (Å²) < 4.78 is 18.4. The van der Waals surface area contributed by atoms with Gasteiger partial charge in [0.2, 0.25) is 5.75 Å². The van der Waals surface area contributed by atoms with E-state index in [4.69, 9.17) is 14.2 Å². The summed E-state index contributed by atoms with van der Waals surface area (Å²) >= 11 is 0. The average molecular weight is 406 g/mol. The molecular weight excluding hydrogens is 380 g/mol. The van der Waals surface area contributed by atoms with Crippen LogP contribution in [0.3, 0.4) is 0 Å². The molecule has 1 aromatic heterocycles. The summed E-state index contributed by atoms with van der Waals surface area (Å²) in [6.07, 6.45) is 6.39. The van der Waals surface area contributed by atoms with Gasteiger partial charge in [0.05, 0.1) is 27.0 Å². The highest BCUT2D eigenvalue weighted by molar-refractivity contribution is 5.84. The molecule has 0 amide bonds. The van der Waals surface area contributed by atoms with Gasteiger partial charge in [0, 0.05) is 30.3 Å². The number of ether oxygens (including phenoxy) is 3. The van der Waals surface area contributed by atoms with E-state index in [-0.39, 0.29) is 0 Å². The van der Waals surface area contributed by atoms with Gasteiger partial charge in [0.15, 0.2) is 17.3 Å². The van der Waals surface area contributed by atoms with E-state index in [9.17, 15) is 0 Å². The Morgan fingerprint density at radius 1 is 0.900 bits per heavy atom. The minimum absolute atomic E-state index is 0.564. The molecular formula is C23H26N4O3. The van der Waals surface area contributed by atoms with Crippen LogP contribution in [0.2, 0.25) is 0 Å². The third-order valence-corrected chi connectivity index (χ3v) is 5.28. The maximum atomic E-state index is 5.40. The third-order valence-electron chi connectivity index (χ3n) is 5.28. The summed E-state index contributed by atoms with van der Waals surface area (Å²) in [4.78, 5) is 4.59. The molecule has 0 unspecified atom stereocenters. The summed E-state index contributed by atoms with van der Waals surface area (Å²) in [5.41, 5.74) is 2.77. The molecule has 0 N–H and O–H groups in total. The quantitative estimate of drug-likeness (QED) is 0.566. The van der Waals surface area contributed by atoms with E-state index in [1.54, 1.807) is 27.5 Å². The van der Waals surface area contributed by atoms with Crippen LogP contribution in [0.25, 0.3) is 11.4 Å². The Hall–Kier alpha value is -3.35. The second-order valence-electron chi connectivity index (χ2n) is 7.17. The van der Waals surface area contributed by atoms with Crippen LogP contribution in [0, 0.1) is 0 Å². The van der Waals surface area contributed by atoms with Crippen LogP contribution >= 0.6 is 0 Å². The molecule has 0 saturated carbocycles. The Balaban J connectivity index is 1.56. The molecule has 0 atom stereocenters. The van der Waals surface area contributed by atoms with Crippen LogP contribution in [0.15, 0.2) is 41.4 Å². The number of hydrogen-bond donors (Lipinski definition) is 0. The van der Waals surface area contributed by atoms with E-state index in [0.29, 0.717) is 17.2 Å². The average Bonchev–Trinajstić information content (AvgIpc) is 3.05. The molecule has 1 aliphatic rings. The minimum atomic E-state index is 0.564. The fourth-order valence-electron chi connectivity index (χ4n) is 3.72. The first-order valence-electron chi connectivity index (χ1n) is 10.1. The van der Waals surface area contributed by atoms with E-state index in [2.05, 4.69) is 19.8 Å². The molecule has 2 aromatic carbocycles. The lowest BCUT2D eigenvalue weighted by molar-refractivity contribution is 0.324. The van der Waals surface area contributed by atoms with Crippen molar-refractivity contribution in [1.29, 1.82) is 0 Å². The first-order chi connectivity index (χ1) is 14.7. The Morgan fingerprint density at radius 3 is 2.30 bits per heavy atom. The number of benzene rings is 2. The fourth-order valence-corrected chi connectivity index (χ4v) is 3.72. The minimum Gasteiger partial charge on any atom is -0.493 e. The van der Waals surface area contributed by atoms with Gasteiger partial charge in [-0.1, -0.05) is 6.42 Å². The van der Waals surface area contributed by atoms with Crippen molar-refractivity contribution in [2.75, 3.05) is 21.3 Å². The van der Waals surface area contributed by atoms with Crippen molar-refractivity contribution in [2.45, 2.75) is 32.2 Å². The molecule has 30 heavy (non-hydrogen) atoms. The van der Waals surface area contributed by atoms with Gasteiger partial charge in [-0.05, 0) is 49.2 Å². The monoisotopic (exact) mass is 406 g/mol. The molecule has 156 valence electrons. The van der Waals surface area contributed by atoms with Crippen LogP contribution in [0.5, 0.6) is 17.2 Å². The number of aliphatic imine (C=N–C) groups is 1. The van der Waals surface area contributed by atoms with Crippen LogP contribution < -0.4 is 14.2 Å². The predicted octanol–water partition coefficient (Wildman–Crippen LogP) is 4.45. The Kier molecular flexibility index (Phi) is 5.97. The number of aromatic nitrogens is 3. The molecule has 2 heterocycles. The smallest absolute Gasteiger partial charge is 0.203 e. The van der Waals surface area contributed by atoms with Crippen molar-refractivity contribution >= 4 is 11.9 Å². The van der Waals surface area contributed by atoms with Crippen molar-refractivity contribution in [3.05, 3.63) is 47.8 Å². The number of methoxy groups -OCH3 is 3. The largest absolute Gasteiger partial charge is 0.493 e. The lowest BCUT2D eigenvalue weighted by Crippen LogP contribution is -2.02. The molecule has 0 fully saturated rings. The van der Waals surface area contributed by atoms with Crippen LogP contribution in [0.4, 0.5) is 5.69 Å². The van der Waals surface area contributed by atoms with Crippen molar-refractivity contribution < 1.29 is 14.2 Å². The molecule has 0 spiro atoms. The van der Waals surface area contributed by atoms with Gasteiger partial charge in [-0.2, -0.15) is 0 Å². The zero-order valence-corrected chi connectivity index (χ0v) is 17.6. The van der Waals surface area contributed by atoms with E-state index >= 15 is 0 Å². The number of aryl methyl sites for hydroxylation is 1. The van der Waals surface area contributed by atoms with E-state index in [1.807, 2.05) is 36.4 Å². The van der Waals surface area contributed by atoms with Crippen LogP contribution in [-0.2, 0) is 13.0 Å². The van der Waals surface area contributed by atoms with Crippen LogP contribution in [-0.4, -0.2) is 42.3 Å². The highest BCUT2D eigenvalue weighted by atomic mass is 16.5.